The van der Waals surface area contributed by atoms with Crippen molar-refractivity contribution >= 4 is 10.4 Å². The number of nitrogens with zero attached hydrogens (tertiary/aromatic N) is 1. The van der Waals surface area contributed by atoms with Crippen LogP contribution in [0.5, 0.6) is 0 Å². The van der Waals surface area contributed by atoms with Crippen molar-refractivity contribution in [2.75, 3.05) is 40.3 Å². The van der Waals surface area contributed by atoms with Gasteiger partial charge in [0, 0.05) is 13.0 Å². The minimum absolute atomic E-state index is 0.739. The maximum Gasteiger partial charge on any atom is 0.217 e. The first kappa shape index (κ1) is 25.8. The molecule has 0 amide bonds. The number of quaternary nitrogens is 1. The molecule has 0 saturated carbocycles. The van der Waals surface area contributed by atoms with E-state index < -0.39 is 10.4 Å². The number of nitrogens with one attached hydrogen (secondary N) is 1. The van der Waals surface area contributed by atoms with Crippen LogP contribution in [0.2, 0.25) is 0 Å². The molecular weight excluding hydrogens is 354 g/mol. The van der Waals surface area contributed by atoms with Gasteiger partial charge in [0.1, 0.15) is 6.17 Å². The number of rotatable bonds is 13. The Labute approximate surface area is 161 Å². The molecule has 1 heterocycles. The number of likely N-dealkylation sites (N-methyl/N-ethyl adjacent to an activating group) is 1. The van der Waals surface area contributed by atoms with Crippen LogP contribution in [0.3, 0.4) is 0 Å². The Hall–Kier alpha value is -0.250. The number of hydrogen-bond acceptors (Lipinski definition) is 6. The minimum Gasteiger partial charge on any atom is -0.726 e. The second-order valence-electron chi connectivity index (χ2n) is 7.14. The second kappa shape index (κ2) is 15.8. The van der Waals surface area contributed by atoms with Gasteiger partial charge in [0.05, 0.1) is 26.7 Å². The van der Waals surface area contributed by atoms with E-state index in [9.17, 15) is 13.0 Å². The first-order chi connectivity index (χ1) is 12.4. The lowest BCUT2D eigenvalue weighted by Crippen LogP contribution is -3.15. The molecule has 1 aliphatic heterocycles. The lowest BCUT2D eigenvalue weighted by molar-refractivity contribution is -0.917. The van der Waals surface area contributed by atoms with E-state index in [1.807, 2.05) is 0 Å². The van der Waals surface area contributed by atoms with Crippen LogP contribution in [0.25, 0.3) is 0 Å². The molecule has 0 aromatic carbocycles. The summed E-state index contributed by atoms with van der Waals surface area (Å²) in [5.74, 6) is 0. The van der Waals surface area contributed by atoms with Gasteiger partial charge in [0.25, 0.3) is 0 Å². The fourth-order valence-corrected chi connectivity index (χ4v) is 3.50. The molecule has 158 valence electrons. The van der Waals surface area contributed by atoms with Crippen LogP contribution in [0.1, 0.15) is 71.1 Å². The van der Waals surface area contributed by atoms with Gasteiger partial charge in [-0.2, -0.15) is 0 Å². The first-order valence-electron chi connectivity index (χ1n) is 10.1. The summed E-state index contributed by atoms with van der Waals surface area (Å²) in [6, 6.07) is 0. The van der Waals surface area contributed by atoms with Crippen molar-refractivity contribution in [2.24, 2.45) is 5.73 Å². The van der Waals surface area contributed by atoms with Gasteiger partial charge in [-0.15, -0.1) is 0 Å². The number of hydrogen-bond donors (Lipinski definition) is 2. The quantitative estimate of drug-likeness (QED) is 0.275. The average molecular weight is 396 g/mol. The van der Waals surface area contributed by atoms with E-state index in [1.165, 1.54) is 77.3 Å². The van der Waals surface area contributed by atoms with Crippen LogP contribution in [-0.2, 0) is 14.6 Å². The van der Waals surface area contributed by atoms with E-state index in [2.05, 4.69) is 23.1 Å². The molecule has 1 saturated heterocycles. The van der Waals surface area contributed by atoms with Crippen LogP contribution < -0.4 is 10.6 Å². The van der Waals surface area contributed by atoms with E-state index >= 15 is 0 Å². The Balaban J connectivity index is 0.000000896. The molecule has 0 aliphatic carbocycles. The molecule has 1 fully saturated rings. The summed E-state index contributed by atoms with van der Waals surface area (Å²) in [7, 11) is -1.32. The SMILES string of the molecule is CCCCCCCCCCCC1N(C)CC[NH+]1CCN.COS(=O)(=O)[O-]. The van der Waals surface area contributed by atoms with Gasteiger partial charge < -0.3 is 15.2 Å². The van der Waals surface area contributed by atoms with Crippen LogP contribution >= 0.6 is 0 Å². The van der Waals surface area contributed by atoms with Crippen LogP contribution in [0.15, 0.2) is 0 Å². The molecule has 1 aliphatic rings. The smallest absolute Gasteiger partial charge is 0.217 e. The maximum atomic E-state index is 9.22. The van der Waals surface area contributed by atoms with E-state index in [0.29, 0.717) is 0 Å². The van der Waals surface area contributed by atoms with Gasteiger partial charge in [0.2, 0.25) is 10.4 Å². The lowest BCUT2D eigenvalue weighted by Gasteiger charge is -2.24. The Kier molecular flexibility index (Phi) is 15.6. The van der Waals surface area contributed by atoms with Gasteiger partial charge >= 0.3 is 0 Å². The molecule has 1 rings (SSSR count). The van der Waals surface area contributed by atoms with Crippen molar-refractivity contribution in [3.63, 3.8) is 0 Å². The zero-order valence-corrected chi connectivity index (χ0v) is 17.9. The maximum absolute atomic E-state index is 9.22. The summed E-state index contributed by atoms with van der Waals surface area (Å²) in [4.78, 5) is 4.25. The van der Waals surface area contributed by atoms with E-state index in [1.54, 1.807) is 4.90 Å². The van der Waals surface area contributed by atoms with Gasteiger partial charge in [-0.05, 0) is 13.5 Å². The van der Waals surface area contributed by atoms with E-state index in [0.717, 1.165) is 26.4 Å². The fraction of sp³-hybridized carbons (Fsp3) is 1.00. The highest BCUT2D eigenvalue weighted by Crippen LogP contribution is 2.12. The van der Waals surface area contributed by atoms with E-state index in [4.69, 9.17) is 5.73 Å². The minimum atomic E-state index is -4.41. The molecule has 0 bridgehead atoms. The predicted octanol–water partition coefficient (Wildman–Crippen LogP) is 1.12. The van der Waals surface area contributed by atoms with Crippen LogP contribution in [-0.4, -0.2) is 64.4 Å². The number of unbranched alkanes of at least 4 members (excludes halogenated alkanes) is 8. The largest absolute Gasteiger partial charge is 0.726 e. The highest BCUT2D eigenvalue weighted by Gasteiger charge is 2.31. The summed E-state index contributed by atoms with van der Waals surface area (Å²) in [6.45, 7) is 6.80. The van der Waals surface area contributed by atoms with Crippen molar-refractivity contribution in [2.45, 2.75) is 77.3 Å². The zero-order chi connectivity index (χ0) is 19.8. The van der Waals surface area contributed by atoms with Crippen LogP contribution in [0.4, 0.5) is 0 Å². The number of nitrogens with two attached hydrogens (primary N) is 1. The fourth-order valence-electron chi connectivity index (χ4n) is 3.50. The third kappa shape index (κ3) is 13.9. The molecule has 2 unspecified atom stereocenters. The predicted molar refractivity (Wildman–Crippen MR) is 105 cm³/mol. The van der Waals surface area contributed by atoms with E-state index in [-0.39, 0.29) is 0 Å². The van der Waals surface area contributed by atoms with Gasteiger partial charge in [-0.25, -0.2) is 8.42 Å². The molecule has 0 radical (unpaired) electrons. The van der Waals surface area contributed by atoms with Crippen molar-refractivity contribution in [1.82, 2.24) is 4.90 Å². The standard InChI is InChI=1S/C17H37N3.CH4O4S/c1-3-4-5-6-7-8-9-10-11-12-17-19(2)15-16-20(17)14-13-18;1-5-6(2,3)4/h17H,3-16,18H2,1-2H3;1H3,(H,2,3,4). The monoisotopic (exact) mass is 395 g/mol. The second-order valence-corrected chi connectivity index (χ2v) is 8.29. The van der Waals surface area contributed by atoms with Crippen LogP contribution in [0, 0.1) is 0 Å². The molecule has 0 aromatic heterocycles. The normalized spacial score (nSPS) is 20.8. The summed E-state index contributed by atoms with van der Waals surface area (Å²) in [6.07, 6.45) is 14.9. The van der Waals surface area contributed by atoms with Gasteiger partial charge in [-0.3, -0.25) is 9.08 Å². The lowest BCUT2D eigenvalue weighted by atomic mass is 10.1. The Morgan fingerprint density at radius 2 is 1.62 bits per heavy atom. The molecule has 8 heteroatoms. The first-order valence-corrected chi connectivity index (χ1v) is 11.4. The summed E-state index contributed by atoms with van der Waals surface area (Å²) >= 11 is 0. The third-order valence-electron chi connectivity index (χ3n) is 5.04. The van der Waals surface area contributed by atoms with Gasteiger partial charge in [0.15, 0.2) is 0 Å². The van der Waals surface area contributed by atoms with Crippen molar-refractivity contribution in [3.8, 4) is 0 Å². The molecule has 26 heavy (non-hydrogen) atoms. The zero-order valence-electron chi connectivity index (χ0n) is 17.0. The Bertz CT molecular complexity index is 419. The van der Waals surface area contributed by atoms with Crippen molar-refractivity contribution in [1.29, 1.82) is 0 Å². The molecule has 3 N–H and O–H groups in total. The Morgan fingerprint density at radius 3 is 2.08 bits per heavy atom. The molecule has 0 aromatic rings. The molecular formula is C18H41N3O4S. The van der Waals surface area contributed by atoms with Crippen molar-refractivity contribution < 1.29 is 22.1 Å². The summed E-state index contributed by atoms with van der Waals surface area (Å²) in [5, 5.41) is 0. The highest BCUT2D eigenvalue weighted by atomic mass is 32.3. The molecule has 7 nitrogen and oxygen atoms in total. The third-order valence-corrected chi connectivity index (χ3v) is 5.45. The van der Waals surface area contributed by atoms with Gasteiger partial charge in [-0.1, -0.05) is 58.3 Å². The summed E-state index contributed by atoms with van der Waals surface area (Å²) in [5.41, 5.74) is 5.72. The average Bonchev–Trinajstić information content (AvgIpc) is 2.94. The molecule has 0 spiro atoms. The molecule has 2 atom stereocenters. The Morgan fingerprint density at radius 1 is 1.12 bits per heavy atom. The topological polar surface area (TPSA) is 100 Å². The summed E-state index contributed by atoms with van der Waals surface area (Å²) < 4.78 is 31.0. The highest BCUT2D eigenvalue weighted by molar-refractivity contribution is 7.80. The van der Waals surface area contributed by atoms with Crippen molar-refractivity contribution in [3.05, 3.63) is 0 Å².